The Labute approximate surface area is 170 Å². The minimum Gasteiger partial charge on any atom is -0.354 e. The minimum absolute atomic E-state index is 0.194. The lowest BCUT2D eigenvalue weighted by molar-refractivity contribution is -0.794. The first-order chi connectivity index (χ1) is 13.6. The number of hydrogen-bond donors (Lipinski definition) is 2. The first-order valence-electron chi connectivity index (χ1n) is 9.46. The summed E-state index contributed by atoms with van der Waals surface area (Å²) in [5.74, 6) is 0.992. The van der Waals surface area contributed by atoms with Gasteiger partial charge in [-0.05, 0) is 44.5 Å². The van der Waals surface area contributed by atoms with Crippen molar-refractivity contribution >= 4 is 23.5 Å². The van der Waals surface area contributed by atoms with Gasteiger partial charge in [0.2, 0.25) is 30.3 Å². The molecule has 0 saturated carbocycles. The highest BCUT2D eigenvalue weighted by atomic mass is 35.5. The van der Waals surface area contributed by atoms with E-state index in [9.17, 15) is 0 Å². The molecule has 4 heterocycles. The molecule has 0 aliphatic carbocycles. The van der Waals surface area contributed by atoms with Crippen molar-refractivity contribution < 1.29 is 9.13 Å². The molecule has 0 aromatic carbocycles. The van der Waals surface area contributed by atoms with Crippen LogP contribution in [0.1, 0.15) is 20.8 Å². The number of aryl methyl sites for hydroxylation is 2. The predicted molar refractivity (Wildman–Crippen MR) is 110 cm³/mol. The Kier molecular flexibility index (Phi) is 6.71. The van der Waals surface area contributed by atoms with E-state index in [1.54, 1.807) is 0 Å². The lowest BCUT2D eigenvalue weighted by atomic mass is 10.2. The Morgan fingerprint density at radius 1 is 0.929 bits per heavy atom. The molecule has 28 heavy (non-hydrogen) atoms. The van der Waals surface area contributed by atoms with Crippen molar-refractivity contribution in [3.8, 4) is 11.4 Å². The van der Waals surface area contributed by atoms with Crippen LogP contribution in [0.2, 0.25) is 5.28 Å². The second-order valence-corrected chi connectivity index (χ2v) is 6.98. The lowest BCUT2D eigenvalue weighted by Crippen LogP contribution is -2.52. The van der Waals surface area contributed by atoms with Crippen LogP contribution in [0.4, 0.5) is 11.9 Å². The fraction of sp³-hybridized carbons (Fsp3) is 0.350. The first kappa shape index (κ1) is 19.9. The third kappa shape index (κ3) is 5.13. The Bertz CT molecular complexity index is 884. The van der Waals surface area contributed by atoms with Gasteiger partial charge in [-0.25, -0.2) is 0 Å². The molecule has 8 heteroatoms. The molecule has 0 spiro atoms. The van der Waals surface area contributed by atoms with Crippen LogP contribution >= 0.6 is 11.6 Å². The summed E-state index contributed by atoms with van der Waals surface area (Å²) in [4.78, 5) is 12.0. The Morgan fingerprint density at radius 3 is 2.04 bits per heavy atom. The number of nitrogens with one attached hydrogen (secondary N) is 2. The van der Waals surface area contributed by atoms with Gasteiger partial charge in [0.1, 0.15) is 0 Å². The average molecular weight is 400 g/mol. The fourth-order valence-electron chi connectivity index (χ4n) is 2.93. The standard InChI is InChI=1S/C12H12N2.C8H14ClN5/c1-3-7-13-9-10-14-8-4-2-6-12(14)11(13)5-1;1-4-10-7-12-6(9)13-8(14-7)11-5(2)3/h1-8H,9-10H2;5H,4H2,1-3H3,(H2,10,11,12,13,14)/q+2;. The van der Waals surface area contributed by atoms with Crippen LogP contribution in [0, 0.1) is 0 Å². The normalized spacial score (nSPS) is 11.8. The summed E-state index contributed by atoms with van der Waals surface area (Å²) in [5.41, 5.74) is 2.61. The molecule has 7 nitrogen and oxygen atoms in total. The van der Waals surface area contributed by atoms with Crippen molar-refractivity contribution in [1.29, 1.82) is 0 Å². The summed E-state index contributed by atoms with van der Waals surface area (Å²) in [6.45, 7) is 8.86. The number of nitrogens with zero attached hydrogens (tertiary/aromatic N) is 5. The average Bonchev–Trinajstić information content (AvgIpc) is 2.68. The highest BCUT2D eigenvalue weighted by Gasteiger charge is 2.27. The van der Waals surface area contributed by atoms with Crippen LogP contribution in [0.25, 0.3) is 11.4 Å². The molecule has 0 unspecified atom stereocenters. The van der Waals surface area contributed by atoms with E-state index in [-0.39, 0.29) is 11.3 Å². The van der Waals surface area contributed by atoms with Gasteiger partial charge in [-0.3, -0.25) is 0 Å². The number of fused-ring (bicyclic) bond motifs is 3. The smallest absolute Gasteiger partial charge is 0.277 e. The molecule has 0 bridgehead atoms. The lowest BCUT2D eigenvalue weighted by Gasteiger charge is -2.09. The number of aromatic nitrogens is 5. The summed E-state index contributed by atoms with van der Waals surface area (Å²) < 4.78 is 4.60. The number of rotatable bonds is 4. The van der Waals surface area contributed by atoms with Gasteiger partial charge < -0.3 is 10.6 Å². The Hall–Kier alpha value is -2.80. The van der Waals surface area contributed by atoms with E-state index < -0.39 is 0 Å². The molecule has 1 aliphatic heterocycles. The van der Waals surface area contributed by atoms with Crippen molar-refractivity contribution in [1.82, 2.24) is 15.0 Å². The minimum atomic E-state index is 0.194. The molecule has 2 N–H and O–H groups in total. The maximum Gasteiger partial charge on any atom is 0.277 e. The highest BCUT2D eigenvalue weighted by Crippen LogP contribution is 2.12. The van der Waals surface area contributed by atoms with Crippen molar-refractivity contribution in [2.45, 2.75) is 39.9 Å². The van der Waals surface area contributed by atoms with E-state index >= 15 is 0 Å². The quantitative estimate of drug-likeness (QED) is 0.660. The van der Waals surface area contributed by atoms with E-state index in [1.807, 2.05) is 20.8 Å². The number of halogens is 1. The molecule has 0 amide bonds. The molecular formula is C20H26ClN7+2. The summed E-state index contributed by atoms with van der Waals surface area (Å²) >= 11 is 5.73. The molecule has 0 radical (unpaired) electrons. The van der Waals surface area contributed by atoms with E-state index in [2.05, 4.69) is 83.5 Å². The van der Waals surface area contributed by atoms with Gasteiger partial charge in [0.05, 0.1) is 0 Å². The Morgan fingerprint density at radius 2 is 1.50 bits per heavy atom. The molecule has 0 saturated heterocycles. The van der Waals surface area contributed by atoms with Crippen LogP contribution in [-0.4, -0.2) is 27.5 Å². The number of pyridine rings is 2. The summed E-state index contributed by atoms with van der Waals surface area (Å²) in [7, 11) is 0. The molecule has 3 aromatic heterocycles. The van der Waals surface area contributed by atoms with E-state index in [4.69, 9.17) is 11.6 Å². The van der Waals surface area contributed by atoms with E-state index in [0.717, 1.165) is 19.6 Å². The van der Waals surface area contributed by atoms with Crippen LogP contribution in [0.15, 0.2) is 48.8 Å². The zero-order valence-electron chi connectivity index (χ0n) is 16.4. The van der Waals surface area contributed by atoms with Crippen LogP contribution in [0.5, 0.6) is 0 Å². The maximum atomic E-state index is 5.73. The van der Waals surface area contributed by atoms with Gasteiger partial charge in [0.15, 0.2) is 12.4 Å². The highest BCUT2D eigenvalue weighted by molar-refractivity contribution is 6.28. The Balaban J connectivity index is 0.000000161. The van der Waals surface area contributed by atoms with Crippen molar-refractivity contribution in [3.05, 3.63) is 54.1 Å². The molecule has 0 fully saturated rings. The van der Waals surface area contributed by atoms with Crippen LogP contribution in [0.3, 0.4) is 0 Å². The zero-order chi connectivity index (χ0) is 19.9. The predicted octanol–water partition coefficient (Wildman–Crippen LogP) is 2.72. The second-order valence-electron chi connectivity index (χ2n) is 6.64. The van der Waals surface area contributed by atoms with Crippen molar-refractivity contribution in [2.75, 3.05) is 17.2 Å². The summed E-state index contributed by atoms with van der Waals surface area (Å²) in [6, 6.07) is 13.0. The van der Waals surface area contributed by atoms with Crippen LogP contribution < -0.4 is 19.8 Å². The fourth-order valence-corrected chi connectivity index (χ4v) is 3.09. The topological polar surface area (TPSA) is 70.5 Å². The summed E-state index contributed by atoms with van der Waals surface area (Å²) in [6.07, 6.45) is 4.29. The molecule has 3 aromatic rings. The molecule has 4 rings (SSSR count). The SMILES string of the molecule is CCNc1nc(Cl)nc(NC(C)C)n1.c1cc[n+]2c(c1)-c1cccc[n+]1CC2. The van der Waals surface area contributed by atoms with Crippen molar-refractivity contribution in [2.24, 2.45) is 0 Å². The largest absolute Gasteiger partial charge is 0.354 e. The van der Waals surface area contributed by atoms with E-state index in [0.29, 0.717) is 11.9 Å². The van der Waals surface area contributed by atoms with Gasteiger partial charge in [-0.2, -0.15) is 24.1 Å². The monoisotopic (exact) mass is 399 g/mol. The third-order valence-electron chi connectivity index (χ3n) is 4.09. The number of hydrogen-bond acceptors (Lipinski definition) is 5. The molecule has 1 aliphatic rings. The number of anilines is 2. The molecule has 146 valence electrons. The van der Waals surface area contributed by atoms with Crippen molar-refractivity contribution in [3.63, 3.8) is 0 Å². The van der Waals surface area contributed by atoms with Gasteiger partial charge in [0, 0.05) is 36.9 Å². The third-order valence-corrected chi connectivity index (χ3v) is 4.26. The molecule has 0 atom stereocenters. The van der Waals surface area contributed by atoms with Gasteiger partial charge >= 0.3 is 0 Å². The summed E-state index contributed by atoms with van der Waals surface area (Å²) in [5, 5.41) is 6.23. The second kappa shape index (κ2) is 9.41. The first-order valence-corrected chi connectivity index (χ1v) is 9.84. The maximum absolute atomic E-state index is 5.73. The molecular weight excluding hydrogens is 374 g/mol. The van der Waals surface area contributed by atoms with Gasteiger partial charge in [0.25, 0.3) is 11.4 Å². The van der Waals surface area contributed by atoms with Gasteiger partial charge in [-0.1, -0.05) is 0 Å². The van der Waals surface area contributed by atoms with Crippen LogP contribution in [-0.2, 0) is 13.1 Å². The van der Waals surface area contributed by atoms with E-state index in [1.165, 1.54) is 11.4 Å². The van der Waals surface area contributed by atoms with Gasteiger partial charge in [-0.15, -0.1) is 0 Å². The zero-order valence-corrected chi connectivity index (χ0v) is 17.2.